The first-order chi connectivity index (χ1) is 13.7. The number of guanidine groups is 1. The Labute approximate surface area is 192 Å². The SMILES string of the molecule is CN=C(NCCN1CCCCCC1)NCc1ccccc1-n1nc(C)cc1C.I. The maximum absolute atomic E-state index is 4.63. The van der Waals surface area contributed by atoms with Gasteiger partial charge in [0.25, 0.3) is 0 Å². The van der Waals surface area contributed by atoms with Crippen LogP contribution in [0.5, 0.6) is 0 Å². The Hall–Kier alpha value is -1.61. The monoisotopic (exact) mass is 510 g/mol. The fourth-order valence-electron chi connectivity index (χ4n) is 3.83. The molecule has 0 aliphatic carbocycles. The highest BCUT2D eigenvalue weighted by Gasteiger charge is 2.10. The van der Waals surface area contributed by atoms with Crippen molar-refractivity contribution in [3.05, 3.63) is 47.3 Å². The second-order valence-electron chi connectivity index (χ2n) is 7.58. The number of aryl methyl sites for hydroxylation is 2. The highest BCUT2D eigenvalue weighted by molar-refractivity contribution is 14.0. The van der Waals surface area contributed by atoms with Crippen LogP contribution in [0.4, 0.5) is 0 Å². The Morgan fingerprint density at radius 1 is 1.07 bits per heavy atom. The van der Waals surface area contributed by atoms with Crippen LogP contribution in [-0.2, 0) is 6.54 Å². The van der Waals surface area contributed by atoms with Crippen molar-refractivity contribution in [3.8, 4) is 5.69 Å². The summed E-state index contributed by atoms with van der Waals surface area (Å²) in [5.74, 6) is 0.845. The molecule has 1 aliphatic heterocycles. The van der Waals surface area contributed by atoms with Gasteiger partial charge < -0.3 is 15.5 Å². The molecule has 29 heavy (non-hydrogen) atoms. The molecule has 6 nitrogen and oxygen atoms in total. The first-order valence-electron chi connectivity index (χ1n) is 10.5. The lowest BCUT2D eigenvalue weighted by atomic mass is 10.1. The van der Waals surface area contributed by atoms with Crippen LogP contribution in [0.2, 0.25) is 0 Å². The van der Waals surface area contributed by atoms with E-state index in [0.717, 1.165) is 36.1 Å². The van der Waals surface area contributed by atoms with Crippen LogP contribution in [0.1, 0.15) is 42.6 Å². The van der Waals surface area contributed by atoms with Crippen molar-refractivity contribution in [1.29, 1.82) is 0 Å². The summed E-state index contributed by atoms with van der Waals surface area (Å²) in [6, 6.07) is 10.5. The smallest absolute Gasteiger partial charge is 0.191 e. The van der Waals surface area contributed by atoms with E-state index >= 15 is 0 Å². The molecule has 2 N–H and O–H groups in total. The van der Waals surface area contributed by atoms with Crippen LogP contribution in [0.25, 0.3) is 5.69 Å². The van der Waals surface area contributed by atoms with E-state index in [9.17, 15) is 0 Å². The fraction of sp³-hybridized carbons (Fsp3) is 0.545. The van der Waals surface area contributed by atoms with Crippen molar-refractivity contribution in [3.63, 3.8) is 0 Å². The number of nitrogens with zero attached hydrogens (tertiary/aromatic N) is 4. The van der Waals surface area contributed by atoms with Gasteiger partial charge in [-0.25, -0.2) is 4.68 Å². The number of benzene rings is 1. The van der Waals surface area contributed by atoms with Crippen LogP contribution >= 0.6 is 24.0 Å². The minimum Gasteiger partial charge on any atom is -0.355 e. The molecule has 1 aromatic heterocycles. The van der Waals surface area contributed by atoms with E-state index in [1.54, 1.807) is 0 Å². The van der Waals surface area contributed by atoms with Crippen LogP contribution in [-0.4, -0.2) is 53.9 Å². The Bertz CT molecular complexity index is 777. The van der Waals surface area contributed by atoms with Crippen LogP contribution in [0.3, 0.4) is 0 Å². The third-order valence-corrected chi connectivity index (χ3v) is 5.32. The second-order valence-corrected chi connectivity index (χ2v) is 7.58. The summed E-state index contributed by atoms with van der Waals surface area (Å²) in [6.07, 6.45) is 5.41. The number of aliphatic imine (C=N–C) groups is 1. The molecule has 0 spiro atoms. The highest BCUT2D eigenvalue weighted by atomic mass is 127. The van der Waals surface area contributed by atoms with Gasteiger partial charge in [-0.1, -0.05) is 31.0 Å². The van der Waals surface area contributed by atoms with Gasteiger partial charge in [-0.05, 0) is 57.5 Å². The van der Waals surface area contributed by atoms with Gasteiger partial charge in [-0.2, -0.15) is 5.10 Å². The zero-order chi connectivity index (χ0) is 19.8. The molecule has 1 fully saturated rings. The summed E-state index contributed by atoms with van der Waals surface area (Å²) >= 11 is 0. The van der Waals surface area contributed by atoms with E-state index in [-0.39, 0.29) is 24.0 Å². The topological polar surface area (TPSA) is 57.5 Å². The lowest BCUT2D eigenvalue weighted by molar-refractivity contribution is 0.289. The lowest BCUT2D eigenvalue weighted by Crippen LogP contribution is -2.41. The largest absolute Gasteiger partial charge is 0.355 e. The first-order valence-corrected chi connectivity index (χ1v) is 10.5. The maximum Gasteiger partial charge on any atom is 0.191 e. The molecular formula is C22H35IN6. The Balaban J connectivity index is 0.00000300. The van der Waals surface area contributed by atoms with Gasteiger partial charge in [0.15, 0.2) is 5.96 Å². The molecule has 160 valence electrons. The molecule has 3 rings (SSSR count). The van der Waals surface area contributed by atoms with Crippen molar-refractivity contribution >= 4 is 29.9 Å². The Morgan fingerprint density at radius 3 is 2.45 bits per heavy atom. The van der Waals surface area contributed by atoms with E-state index in [1.165, 1.54) is 44.3 Å². The summed E-state index contributed by atoms with van der Waals surface area (Å²) in [5, 5.41) is 11.5. The molecule has 1 saturated heterocycles. The summed E-state index contributed by atoms with van der Waals surface area (Å²) < 4.78 is 2.02. The minimum absolute atomic E-state index is 0. The minimum atomic E-state index is 0. The van der Waals surface area contributed by atoms with Crippen LogP contribution in [0.15, 0.2) is 35.3 Å². The number of halogens is 1. The van der Waals surface area contributed by atoms with Crippen molar-refractivity contribution in [2.75, 3.05) is 33.2 Å². The van der Waals surface area contributed by atoms with Gasteiger partial charge >= 0.3 is 0 Å². The second kappa shape index (κ2) is 12.2. The molecule has 7 heteroatoms. The van der Waals surface area contributed by atoms with E-state index in [1.807, 2.05) is 18.7 Å². The predicted octanol–water partition coefficient (Wildman–Crippen LogP) is 3.65. The Morgan fingerprint density at radius 2 is 1.79 bits per heavy atom. The average molecular weight is 510 g/mol. The van der Waals surface area contributed by atoms with Gasteiger partial charge in [0, 0.05) is 32.4 Å². The Kier molecular flexibility index (Phi) is 9.93. The normalized spacial score (nSPS) is 15.5. The van der Waals surface area contributed by atoms with Crippen LogP contribution < -0.4 is 10.6 Å². The molecule has 0 unspecified atom stereocenters. The number of nitrogens with one attached hydrogen (secondary N) is 2. The van der Waals surface area contributed by atoms with E-state index in [0.29, 0.717) is 6.54 Å². The fourth-order valence-corrected chi connectivity index (χ4v) is 3.83. The van der Waals surface area contributed by atoms with Crippen molar-refractivity contribution in [2.45, 2.75) is 46.1 Å². The van der Waals surface area contributed by atoms with Gasteiger partial charge in [-0.3, -0.25) is 4.99 Å². The third kappa shape index (κ3) is 6.99. The number of aromatic nitrogens is 2. The molecule has 0 atom stereocenters. The van der Waals surface area contributed by atoms with E-state index in [4.69, 9.17) is 0 Å². The molecule has 2 aromatic rings. The standard InChI is InChI=1S/C22H34N6.HI/c1-18-16-19(2)28(26-18)21-11-7-6-10-20(21)17-25-22(23-3)24-12-15-27-13-8-4-5-9-14-27;/h6-7,10-11,16H,4-5,8-9,12-15,17H2,1-3H3,(H2,23,24,25);1H. The quantitative estimate of drug-likeness (QED) is 0.354. The summed E-state index contributed by atoms with van der Waals surface area (Å²) in [6.45, 7) is 9.27. The zero-order valence-corrected chi connectivity index (χ0v) is 20.3. The summed E-state index contributed by atoms with van der Waals surface area (Å²) in [7, 11) is 1.83. The van der Waals surface area contributed by atoms with Crippen LogP contribution in [0, 0.1) is 13.8 Å². The molecule has 0 amide bonds. The van der Waals surface area contributed by atoms with Gasteiger partial charge in [0.05, 0.1) is 11.4 Å². The number of likely N-dealkylation sites (tertiary alicyclic amines) is 1. The zero-order valence-electron chi connectivity index (χ0n) is 17.9. The van der Waals surface area contributed by atoms with Gasteiger partial charge in [0.2, 0.25) is 0 Å². The predicted molar refractivity (Wildman–Crippen MR) is 132 cm³/mol. The number of para-hydroxylation sites is 1. The summed E-state index contributed by atoms with van der Waals surface area (Å²) in [4.78, 5) is 6.94. The number of rotatable bonds is 6. The van der Waals surface area contributed by atoms with Crippen molar-refractivity contribution in [1.82, 2.24) is 25.3 Å². The van der Waals surface area contributed by atoms with Gasteiger partial charge in [-0.15, -0.1) is 24.0 Å². The molecule has 1 aliphatic rings. The molecular weight excluding hydrogens is 475 g/mol. The van der Waals surface area contributed by atoms with Crippen molar-refractivity contribution in [2.24, 2.45) is 4.99 Å². The maximum atomic E-state index is 4.63. The molecule has 2 heterocycles. The number of hydrogen-bond acceptors (Lipinski definition) is 3. The first kappa shape index (κ1) is 23.7. The molecule has 1 aromatic carbocycles. The number of hydrogen-bond donors (Lipinski definition) is 2. The van der Waals surface area contributed by atoms with Gasteiger partial charge in [0.1, 0.15) is 0 Å². The molecule has 0 bridgehead atoms. The third-order valence-electron chi connectivity index (χ3n) is 5.32. The lowest BCUT2D eigenvalue weighted by Gasteiger charge is -2.21. The highest BCUT2D eigenvalue weighted by Crippen LogP contribution is 2.16. The van der Waals surface area contributed by atoms with E-state index in [2.05, 4.69) is 62.9 Å². The van der Waals surface area contributed by atoms with Crippen molar-refractivity contribution < 1.29 is 0 Å². The summed E-state index contributed by atoms with van der Waals surface area (Å²) in [5.41, 5.74) is 4.49. The molecule has 0 saturated carbocycles. The average Bonchev–Trinajstić information content (AvgIpc) is 2.88. The molecule has 0 radical (unpaired) electrons. The van der Waals surface area contributed by atoms with E-state index < -0.39 is 0 Å².